The number of sulfonamides is 1. The van der Waals surface area contributed by atoms with Crippen molar-refractivity contribution in [1.82, 2.24) is 14.8 Å². The van der Waals surface area contributed by atoms with Gasteiger partial charge in [-0.2, -0.15) is 5.26 Å². The van der Waals surface area contributed by atoms with E-state index in [1.165, 1.54) is 67.8 Å². The average molecular weight is 576 g/mol. The summed E-state index contributed by atoms with van der Waals surface area (Å²) in [6, 6.07) is 14.8. The van der Waals surface area contributed by atoms with Crippen LogP contribution in [0.15, 0.2) is 65.7 Å². The van der Waals surface area contributed by atoms with Gasteiger partial charge in [0.05, 0.1) is 42.5 Å². The quantitative estimate of drug-likeness (QED) is 0.417. The summed E-state index contributed by atoms with van der Waals surface area (Å²) < 4.78 is 40.0. The van der Waals surface area contributed by atoms with Crippen LogP contribution in [0.2, 0.25) is 0 Å². The first-order valence-corrected chi connectivity index (χ1v) is 14.3. The van der Waals surface area contributed by atoms with Crippen molar-refractivity contribution >= 4 is 27.5 Å². The molecule has 0 spiro atoms. The van der Waals surface area contributed by atoms with Gasteiger partial charge in [-0.05, 0) is 67.4 Å². The maximum absolute atomic E-state index is 15.0. The van der Waals surface area contributed by atoms with Crippen molar-refractivity contribution in [1.29, 1.82) is 5.26 Å². The molecule has 0 bridgehead atoms. The number of aromatic nitrogens is 1. The summed E-state index contributed by atoms with van der Waals surface area (Å²) in [5.74, 6) is -0.497. The Balaban J connectivity index is 1.85. The minimum Gasteiger partial charge on any atom is -0.497 e. The molecule has 5 rings (SSSR count). The van der Waals surface area contributed by atoms with Gasteiger partial charge >= 0.3 is 0 Å². The van der Waals surface area contributed by atoms with Gasteiger partial charge in [-0.3, -0.25) is 14.5 Å². The van der Waals surface area contributed by atoms with E-state index in [0.717, 1.165) is 4.31 Å². The Morgan fingerprint density at radius 2 is 1.83 bits per heavy atom. The van der Waals surface area contributed by atoms with Crippen LogP contribution < -0.4 is 13.8 Å². The molecule has 1 fully saturated rings. The van der Waals surface area contributed by atoms with Crippen molar-refractivity contribution < 1.29 is 27.5 Å². The Bertz CT molecular complexity index is 1670. The molecule has 2 aromatic carbocycles. The smallest absolute Gasteiger partial charge is 0.271 e. The highest BCUT2D eigenvalue weighted by molar-refractivity contribution is 7.93. The second-order valence-corrected chi connectivity index (χ2v) is 11.7. The van der Waals surface area contributed by atoms with Gasteiger partial charge in [0, 0.05) is 38.0 Å². The third-order valence-corrected chi connectivity index (χ3v) is 9.30. The van der Waals surface area contributed by atoms with Gasteiger partial charge in [-0.15, -0.1) is 0 Å². The van der Waals surface area contributed by atoms with E-state index in [1.54, 1.807) is 31.1 Å². The van der Waals surface area contributed by atoms with E-state index >= 15 is 4.79 Å². The van der Waals surface area contributed by atoms with E-state index in [1.807, 2.05) is 0 Å². The Morgan fingerprint density at radius 3 is 2.46 bits per heavy atom. The topological polar surface area (TPSA) is 133 Å². The highest BCUT2D eigenvalue weighted by Crippen LogP contribution is 2.54. The molecule has 0 N–H and O–H groups in total. The van der Waals surface area contributed by atoms with Crippen molar-refractivity contribution in [3.8, 4) is 17.7 Å². The second-order valence-electron chi connectivity index (χ2n) is 9.95. The van der Waals surface area contributed by atoms with Crippen LogP contribution in [0.3, 0.4) is 0 Å². The minimum absolute atomic E-state index is 0.0821. The number of rotatable bonds is 7. The van der Waals surface area contributed by atoms with Crippen LogP contribution in [0.25, 0.3) is 0 Å². The number of likely N-dealkylation sites (tertiary alicyclic amines) is 1. The van der Waals surface area contributed by atoms with Crippen LogP contribution in [0.1, 0.15) is 29.5 Å². The van der Waals surface area contributed by atoms with Gasteiger partial charge in [-0.25, -0.2) is 17.7 Å². The van der Waals surface area contributed by atoms with Gasteiger partial charge in [0.2, 0.25) is 11.8 Å². The lowest BCUT2D eigenvalue weighted by molar-refractivity contribution is -0.138. The van der Waals surface area contributed by atoms with Crippen molar-refractivity contribution in [3.63, 3.8) is 0 Å². The number of carbonyl (C=O) groups is 2. The summed E-state index contributed by atoms with van der Waals surface area (Å²) in [6.45, 7) is 0.306. The number of nitriles is 1. The summed E-state index contributed by atoms with van der Waals surface area (Å²) in [4.78, 5) is 35.9. The van der Waals surface area contributed by atoms with Gasteiger partial charge in [0.15, 0.2) is 5.54 Å². The maximum Gasteiger partial charge on any atom is 0.271 e. The van der Waals surface area contributed by atoms with Crippen LogP contribution in [0.5, 0.6) is 11.6 Å². The minimum atomic E-state index is -4.47. The number of methoxy groups -OCH3 is 2. The fourth-order valence-corrected chi connectivity index (χ4v) is 7.24. The first kappa shape index (κ1) is 28.1. The fraction of sp³-hybridized carbons (Fsp3) is 0.310. The number of ether oxygens (including phenoxy) is 2. The molecule has 0 saturated carbocycles. The molecule has 12 heteroatoms. The number of fused-ring (bicyclic) bond motifs is 1. The third-order valence-electron chi connectivity index (χ3n) is 7.59. The predicted octanol–water partition coefficient (Wildman–Crippen LogP) is 2.50. The van der Waals surface area contributed by atoms with Crippen LogP contribution >= 0.6 is 0 Å². The van der Waals surface area contributed by atoms with E-state index in [4.69, 9.17) is 9.47 Å². The molecule has 2 atom stereocenters. The molecule has 0 radical (unpaired) electrons. The third kappa shape index (κ3) is 4.20. The van der Waals surface area contributed by atoms with Gasteiger partial charge in [0.25, 0.3) is 15.9 Å². The number of pyridine rings is 1. The normalized spacial score (nSPS) is 20.4. The van der Waals surface area contributed by atoms with Crippen LogP contribution in [-0.2, 0) is 25.2 Å². The van der Waals surface area contributed by atoms with Crippen molar-refractivity contribution in [3.05, 3.63) is 77.5 Å². The number of nitrogens with zero attached hydrogens (tertiary/aromatic N) is 5. The molecule has 2 aliphatic heterocycles. The number of carbonyl (C=O) groups excluding carboxylic acids is 2. The maximum atomic E-state index is 15.0. The lowest BCUT2D eigenvalue weighted by Crippen LogP contribution is -2.59. The van der Waals surface area contributed by atoms with Crippen molar-refractivity contribution in [2.75, 3.05) is 39.2 Å². The monoisotopic (exact) mass is 575 g/mol. The molecular formula is C29H29N5O6S. The summed E-state index contributed by atoms with van der Waals surface area (Å²) in [5, 5.41) is 9.82. The van der Waals surface area contributed by atoms with E-state index < -0.39 is 27.5 Å². The average Bonchev–Trinajstić information content (AvgIpc) is 3.57. The lowest BCUT2D eigenvalue weighted by atomic mass is 9.81. The number of hydrogen-bond donors (Lipinski definition) is 0. The molecule has 1 aromatic heterocycles. The van der Waals surface area contributed by atoms with Crippen molar-refractivity contribution in [2.45, 2.75) is 29.3 Å². The predicted molar refractivity (Wildman–Crippen MR) is 149 cm³/mol. The summed E-state index contributed by atoms with van der Waals surface area (Å²) in [7, 11) is 1.67. The van der Waals surface area contributed by atoms with Crippen molar-refractivity contribution in [2.24, 2.45) is 0 Å². The molecule has 3 aromatic rings. The standard InChI is InChI=1S/C29H29N5O6S/c1-32(2)27(35)25-8-6-16-33(25)29(22-7-5-15-31-26(22)40-4)23-17-19(18-30)9-14-24(23)34(28(29)36)41(37,38)21-12-10-20(39-3)11-13-21/h5,7,9-15,17,25H,6,8,16H2,1-4H3/t25-,29?/m0/s1. The zero-order valence-electron chi connectivity index (χ0n) is 23.1. The molecule has 11 nitrogen and oxygen atoms in total. The second kappa shape index (κ2) is 10.5. The molecule has 2 aliphatic rings. The molecule has 3 heterocycles. The molecule has 1 unspecified atom stereocenters. The molecular weight excluding hydrogens is 546 g/mol. The Morgan fingerprint density at radius 1 is 1.10 bits per heavy atom. The van der Waals surface area contributed by atoms with E-state index in [0.29, 0.717) is 25.1 Å². The summed E-state index contributed by atoms with van der Waals surface area (Å²) >= 11 is 0. The number of hydrogen-bond acceptors (Lipinski definition) is 9. The van der Waals surface area contributed by atoms with E-state index in [2.05, 4.69) is 11.1 Å². The molecule has 2 amide bonds. The Kier molecular flexibility index (Phi) is 7.19. The molecule has 212 valence electrons. The zero-order chi connectivity index (χ0) is 29.5. The van der Waals surface area contributed by atoms with Crippen LogP contribution in [0.4, 0.5) is 5.69 Å². The lowest BCUT2D eigenvalue weighted by Gasteiger charge is -2.41. The number of anilines is 1. The Labute approximate surface area is 238 Å². The number of likely N-dealkylation sites (N-methyl/N-ethyl adjacent to an activating group) is 1. The number of amides is 2. The summed E-state index contributed by atoms with van der Waals surface area (Å²) in [5.41, 5.74) is -1.01. The fourth-order valence-electron chi connectivity index (χ4n) is 5.78. The van der Waals surface area contributed by atoms with Gasteiger partial charge in [0.1, 0.15) is 5.75 Å². The van der Waals surface area contributed by atoms with Gasteiger partial charge < -0.3 is 14.4 Å². The molecule has 41 heavy (non-hydrogen) atoms. The largest absolute Gasteiger partial charge is 0.497 e. The first-order chi connectivity index (χ1) is 19.6. The van der Waals surface area contributed by atoms with Crippen LogP contribution in [-0.4, -0.2) is 75.9 Å². The molecule has 1 saturated heterocycles. The van der Waals surface area contributed by atoms with Gasteiger partial charge in [-0.1, -0.05) is 0 Å². The van der Waals surface area contributed by atoms with E-state index in [9.17, 15) is 18.5 Å². The van der Waals surface area contributed by atoms with Crippen LogP contribution in [0, 0.1) is 11.3 Å². The highest BCUT2D eigenvalue weighted by Gasteiger charge is 2.63. The first-order valence-electron chi connectivity index (χ1n) is 12.9. The molecule has 0 aliphatic carbocycles. The Hall–Kier alpha value is -4.47. The highest BCUT2D eigenvalue weighted by atomic mass is 32.2. The number of benzene rings is 2. The summed E-state index contributed by atoms with van der Waals surface area (Å²) in [6.07, 6.45) is 2.54. The zero-order valence-corrected chi connectivity index (χ0v) is 23.9. The SMILES string of the molecule is COc1ccc(S(=O)(=O)N2C(=O)C(c3cccnc3OC)(N3CCC[C@H]3C(=O)N(C)C)c3cc(C#N)ccc32)cc1. The van der Waals surface area contributed by atoms with E-state index in [-0.39, 0.29) is 39.1 Å².